The maximum absolute atomic E-state index is 5.17. The van der Waals surface area contributed by atoms with E-state index in [1.807, 2.05) is 22.7 Å². The summed E-state index contributed by atoms with van der Waals surface area (Å²) < 4.78 is 5.17. The summed E-state index contributed by atoms with van der Waals surface area (Å²) in [7, 11) is 1.74. The van der Waals surface area contributed by atoms with Gasteiger partial charge in [0.2, 0.25) is 0 Å². The minimum Gasteiger partial charge on any atom is -0.383 e. The van der Waals surface area contributed by atoms with Gasteiger partial charge in [0.05, 0.1) is 18.3 Å². The fourth-order valence-electron chi connectivity index (χ4n) is 2.47. The third-order valence-corrected chi connectivity index (χ3v) is 5.60. The lowest BCUT2D eigenvalue weighted by Crippen LogP contribution is -2.26. The summed E-state index contributed by atoms with van der Waals surface area (Å²) in [6.45, 7) is 10.2. The second kappa shape index (κ2) is 7.49. The van der Waals surface area contributed by atoms with E-state index in [-0.39, 0.29) is 6.04 Å². The van der Waals surface area contributed by atoms with Crippen LogP contribution < -0.4 is 5.32 Å². The van der Waals surface area contributed by atoms with Gasteiger partial charge in [-0.2, -0.15) is 0 Å². The molecule has 0 aliphatic heterocycles. The molecule has 116 valence electrons. The lowest BCUT2D eigenvalue weighted by molar-refractivity contribution is 0.197. The number of aryl methyl sites for hydroxylation is 4. The largest absolute Gasteiger partial charge is 0.383 e. The second-order valence-electron chi connectivity index (χ2n) is 5.16. The Kier molecular flexibility index (Phi) is 5.93. The first kappa shape index (κ1) is 16.6. The number of nitrogens with one attached hydrogen (secondary N) is 1. The number of rotatable bonds is 7. The molecule has 0 amide bonds. The molecule has 0 bridgehead atoms. The molecule has 2 aromatic heterocycles. The highest BCUT2D eigenvalue weighted by Crippen LogP contribution is 2.33. The zero-order valence-corrected chi connectivity index (χ0v) is 15.1. The summed E-state index contributed by atoms with van der Waals surface area (Å²) in [6, 6.07) is 2.46. The van der Waals surface area contributed by atoms with Gasteiger partial charge in [-0.15, -0.1) is 22.7 Å². The van der Waals surface area contributed by atoms with E-state index >= 15 is 0 Å². The Labute approximate surface area is 135 Å². The Morgan fingerprint density at radius 3 is 2.52 bits per heavy atom. The van der Waals surface area contributed by atoms with Crippen molar-refractivity contribution in [1.82, 2.24) is 10.3 Å². The van der Waals surface area contributed by atoms with Crippen LogP contribution in [0.3, 0.4) is 0 Å². The summed E-state index contributed by atoms with van der Waals surface area (Å²) in [5.74, 6) is 0. The molecule has 0 aromatic carbocycles. The first-order chi connectivity index (χ1) is 10.1. The van der Waals surface area contributed by atoms with E-state index in [2.05, 4.69) is 39.1 Å². The maximum atomic E-state index is 5.17. The SMILES string of the molecule is CCc1nc(C(NCCOC)c2cc(C)sc2C)sc1C. The van der Waals surface area contributed by atoms with Crippen LogP contribution in [0, 0.1) is 20.8 Å². The van der Waals surface area contributed by atoms with Crippen LogP contribution in [0.15, 0.2) is 6.07 Å². The molecule has 0 aliphatic rings. The number of hydrogen-bond acceptors (Lipinski definition) is 5. The van der Waals surface area contributed by atoms with Gasteiger partial charge in [-0.1, -0.05) is 6.92 Å². The number of thiazole rings is 1. The van der Waals surface area contributed by atoms with Gasteiger partial charge >= 0.3 is 0 Å². The molecule has 3 nitrogen and oxygen atoms in total. The lowest BCUT2D eigenvalue weighted by atomic mass is 10.1. The van der Waals surface area contributed by atoms with Gasteiger partial charge in [0, 0.05) is 28.3 Å². The van der Waals surface area contributed by atoms with E-state index in [1.54, 1.807) is 7.11 Å². The molecule has 0 radical (unpaired) electrons. The number of thiophene rings is 1. The molecule has 1 unspecified atom stereocenters. The zero-order chi connectivity index (χ0) is 15.4. The van der Waals surface area contributed by atoms with Crippen molar-refractivity contribution < 1.29 is 4.74 Å². The quantitative estimate of drug-likeness (QED) is 0.781. The first-order valence-corrected chi connectivity index (χ1v) is 8.95. The Morgan fingerprint density at radius 2 is 2.00 bits per heavy atom. The summed E-state index contributed by atoms with van der Waals surface area (Å²) in [4.78, 5) is 8.90. The predicted octanol–water partition coefficient (Wildman–Crippen LogP) is 4.02. The van der Waals surface area contributed by atoms with Crippen LogP contribution in [-0.4, -0.2) is 25.2 Å². The monoisotopic (exact) mass is 324 g/mol. The van der Waals surface area contributed by atoms with Crippen LogP contribution in [0.25, 0.3) is 0 Å². The maximum Gasteiger partial charge on any atom is 0.115 e. The molecular weight excluding hydrogens is 300 g/mol. The number of ether oxygens (including phenoxy) is 1. The van der Waals surface area contributed by atoms with E-state index < -0.39 is 0 Å². The van der Waals surface area contributed by atoms with Crippen molar-refractivity contribution in [2.75, 3.05) is 20.3 Å². The van der Waals surface area contributed by atoms with E-state index in [0.29, 0.717) is 6.61 Å². The Morgan fingerprint density at radius 1 is 1.24 bits per heavy atom. The van der Waals surface area contributed by atoms with E-state index in [4.69, 9.17) is 9.72 Å². The van der Waals surface area contributed by atoms with Crippen molar-refractivity contribution in [2.45, 2.75) is 40.2 Å². The number of methoxy groups -OCH3 is 1. The molecule has 0 aliphatic carbocycles. The Balaban J connectivity index is 2.32. The minimum absolute atomic E-state index is 0.175. The van der Waals surface area contributed by atoms with Crippen molar-refractivity contribution in [1.29, 1.82) is 0 Å². The number of hydrogen-bond donors (Lipinski definition) is 1. The third-order valence-electron chi connectivity index (χ3n) is 3.54. The Hall–Kier alpha value is -0.750. The van der Waals surface area contributed by atoms with Crippen molar-refractivity contribution in [2.24, 2.45) is 0 Å². The second-order valence-corrected chi connectivity index (χ2v) is 7.85. The number of nitrogens with zero attached hydrogens (tertiary/aromatic N) is 1. The van der Waals surface area contributed by atoms with Gasteiger partial charge in [-0.3, -0.25) is 0 Å². The fraction of sp³-hybridized carbons (Fsp3) is 0.562. The van der Waals surface area contributed by atoms with E-state index in [9.17, 15) is 0 Å². The van der Waals surface area contributed by atoms with Gasteiger partial charge in [0.15, 0.2) is 0 Å². The lowest BCUT2D eigenvalue weighted by Gasteiger charge is -2.16. The minimum atomic E-state index is 0.175. The molecule has 0 spiro atoms. The molecule has 1 atom stereocenters. The van der Waals surface area contributed by atoms with Crippen molar-refractivity contribution >= 4 is 22.7 Å². The van der Waals surface area contributed by atoms with Crippen LogP contribution >= 0.6 is 22.7 Å². The average Bonchev–Trinajstić information content (AvgIpc) is 2.97. The van der Waals surface area contributed by atoms with Crippen molar-refractivity contribution in [3.05, 3.63) is 37.0 Å². The van der Waals surface area contributed by atoms with Crippen LogP contribution in [0.5, 0.6) is 0 Å². The van der Waals surface area contributed by atoms with Gasteiger partial charge in [-0.25, -0.2) is 4.98 Å². The smallest absolute Gasteiger partial charge is 0.115 e. The highest BCUT2D eigenvalue weighted by molar-refractivity contribution is 7.12. The highest BCUT2D eigenvalue weighted by Gasteiger charge is 2.21. The summed E-state index contributed by atoms with van der Waals surface area (Å²) >= 11 is 3.66. The van der Waals surface area contributed by atoms with Crippen LogP contribution in [0.4, 0.5) is 0 Å². The normalized spacial score (nSPS) is 12.8. The molecule has 2 heterocycles. The Bertz CT molecular complexity index is 589. The standard InChI is InChI=1S/C16H24N2OS2/c1-6-14-12(4)21-16(18-14)15(17-7-8-19-5)13-9-10(2)20-11(13)3/h9,15,17H,6-8H2,1-5H3. The van der Waals surface area contributed by atoms with Crippen LogP contribution in [-0.2, 0) is 11.2 Å². The molecule has 21 heavy (non-hydrogen) atoms. The van der Waals surface area contributed by atoms with Crippen LogP contribution in [0.2, 0.25) is 0 Å². The molecule has 2 aromatic rings. The topological polar surface area (TPSA) is 34.2 Å². The van der Waals surface area contributed by atoms with Crippen LogP contribution in [0.1, 0.15) is 43.9 Å². The third kappa shape index (κ3) is 3.92. The van der Waals surface area contributed by atoms with Crippen molar-refractivity contribution in [3.63, 3.8) is 0 Å². The molecule has 5 heteroatoms. The molecule has 0 saturated carbocycles. The molecule has 1 N–H and O–H groups in total. The predicted molar refractivity (Wildman–Crippen MR) is 91.7 cm³/mol. The van der Waals surface area contributed by atoms with Gasteiger partial charge in [-0.05, 0) is 38.8 Å². The molecule has 0 fully saturated rings. The van der Waals surface area contributed by atoms with Gasteiger partial charge in [0.25, 0.3) is 0 Å². The van der Waals surface area contributed by atoms with E-state index in [1.165, 1.54) is 30.9 Å². The molecular formula is C16H24N2OS2. The summed E-state index contributed by atoms with van der Waals surface area (Å²) in [6.07, 6.45) is 0.995. The summed E-state index contributed by atoms with van der Waals surface area (Å²) in [5, 5.41) is 4.77. The molecule has 0 saturated heterocycles. The van der Waals surface area contributed by atoms with Gasteiger partial charge < -0.3 is 10.1 Å². The summed E-state index contributed by atoms with van der Waals surface area (Å²) in [5.41, 5.74) is 2.57. The zero-order valence-electron chi connectivity index (χ0n) is 13.4. The fourth-order valence-corrected chi connectivity index (χ4v) is 4.54. The number of aromatic nitrogens is 1. The average molecular weight is 325 g/mol. The molecule has 2 rings (SSSR count). The van der Waals surface area contributed by atoms with Crippen molar-refractivity contribution in [3.8, 4) is 0 Å². The highest BCUT2D eigenvalue weighted by atomic mass is 32.1. The van der Waals surface area contributed by atoms with E-state index in [0.717, 1.165) is 13.0 Å². The van der Waals surface area contributed by atoms with Gasteiger partial charge in [0.1, 0.15) is 5.01 Å². The first-order valence-electron chi connectivity index (χ1n) is 7.32.